The predicted octanol–water partition coefficient (Wildman–Crippen LogP) is 3.46. The summed E-state index contributed by atoms with van der Waals surface area (Å²) in [6.45, 7) is 1.85. The highest BCUT2D eigenvalue weighted by Gasteiger charge is 1.98. The molecule has 0 nitrogen and oxygen atoms in total. The average molecular weight is 164 g/mol. The van der Waals surface area contributed by atoms with Crippen molar-refractivity contribution in [3.63, 3.8) is 0 Å². The lowest BCUT2D eigenvalue weighted by atomic mass is 10.2. The van der Waals surface area contributed by atoms with Crippen LogP contribution in [0.3, 0.4) is 0 Å². The maximum atomic E-state index is 12.6. The number of rotatable bonds is 3. The molecule has 0 saturated carbocycles. The van der Waals surface area contributed by atoms with Gasteiger partial charge in [-0.05, 0) is 25.0 Å². The molecule has 0 aliphatic rings. The zero-order valence-electron chi connectivity index (χ0n) is 6.63. The van der Waals surface area contributed by atoms with Crippen LogP contribution in [0.1, 0.15) is 20.3 Å². The van der Waals surface area contributed by atoms with Crippen molar-refractivity contribution in [1.29, 1.82) is 0 Å². The van der Waals surface area contributed by atoms with Gasteiger partial charge in [-0.2, -0.15) is 0 Å². The molecule has 0 heterocycles. The molecular formula is C8H11F3. The smallest absolute Gasteiger partial charge is 0.141 e. The molecule has 0 atom stereocenters. The number of halogens is 3. The van der Waals surface area contributed by atoms with Crippen molar-refractivity contribution in [3.8, 4) is 0 Å². The van der Waals surface area contributed by atoms with Crippen LogP contribution < -0.4 is 0 Å². The predicted molar refractivity (Wildman–Crippen MR) is 39.3 cm³/mol. The van der Waals surface area contributed by atoms with Gasteiger partial charge < -0.3 is 0 Å². The van der Waals surface area contributed by atoms with Gasteiger partial charge in [-0.1, -0.05) is 6.92 Å². The van der Waals surface area contributed by atoms with Crippen LogP contribution in [0.4, 0.5) is 13.2 Å². The van der Waals surface area contributed by atoms with Gasteiger partial charge in [0.2, 0.25) is 0 Å². The lowest BCUT2D eigenvalue weighted by molar-refractivity contribution is 0.458. The molecule has 0 aliphatic carbocycles. The molecule has 64 valence electrons. The van der Waals surface area contributed by atoms with Gasteiger partial charge in [-0.3, -0.25) is 0 Å². The minimum Gasteiger partial charge on any atom is -0.243 e. The monoisotopic (exact) mass is 164 g/mol. The van der Waals surface area contributed by atoms with Gasteiger partial charge in [-0.25, -0.2) is 13.2 Å². The molecule has 0 radical (unpaired) electrons. The van der Waals surface area contributed by atoms with E-state index in [4.69, 9.17) is 0 Å². The standard InChI is InChI=1S/C8H11F3/c1-3-8(11)6(2)4-7(10)5-9/h4H,3,5H2,1-2H3/b7-4+,8-6+. The van der Waals surface area contributed by atoms with E-state index in [1.54, 1.807) is 6.92 Å². The Morgan fingerprint density at radius 1 is 1.36 bits per heavy atom. The maximum absolute atomic E-state index is 12.6. The summed E-state index contributed by atoms with van der Waals surface area (Å²) in [4.78, 5) is 0. The van der Waals surface area contributed by atoms with Crippen LogP contribution in [0.5, 0.6) is 0 Å². The second kappa shape index (κ2) is 4.99. The van der Waals surface area contributed by atoms with Crippen LogP contribution in [0.25, 0.3) is 0 Å². The number of alkyl halides is 1. The molecule has 0 aliphatic heterocycles. The Labute approximate surface area is 64.4 Å². The first-order chi connectivity index (χ1) is 5.11. The molecule has 0 rings (SSSR count). The van der Waals surface area contributed by atoms with Gasteiger partial charge in [0.25, 0.3) is 0 Å². The second-order valence-corrected chi connectivity index (χ2v) is 2.17. The summed E-state index contributed by atoms with van der Waals surface area (Å²) >= 11 is 0. The number of hydrogen-bond acceptors (Lipinski definition) is 0. The van der Waals surface area contributed by atoms with Crippen LogP contribution in [-0.4, -0.2) is 6.67 Å². The molecule has 0 fully saturated rings. The lowest BCUT2D eigenvalue weighted by Crippen LogP contribution is -1.81. The fraction of sp³-hybridized carbons (Fsp3) is 0.500. The first-order valence-electron chi connectivity index (χ1n) is 3.39. The first kappa shape index (κ1) is 10.3. The van der Waals surface area contributed by atoms with Gasteiger partial charge in [0, 0.05) is 0 Å². The Balaban J connectivity index is 4.37. The third-order valence-electron chi connectivity index (χ3n) is 1.24. The molecule has 0 aromatic rings. The molecule has 0 saturated heterocycles. The first-order valence-corrected chi connectivity index (χ1v) is 3.39. The minimum absolute atomic E-state index is 0.155. The molecule has 0 aromatic heterocycles. The van der Waals surface area contributed by atoms with E-state index >= 15 is 0 Å². The van der Waals surface area contributed by atoms with E-state index in [2.05, 4.69) is 0 Å². The van der Waals surface area contributed by atoms with Crippen molar-refractivity contribution in [2.45, 2.75) is 20.3 Å². The highest BCUT2D eigenvalue weighted by Crippen LogP contribution is 2.13. The van der Waals surface area contributed by atoms with E-state index in [9.17, 15) is 13.2 Å². The average Bonchev–Trinajstić information content (AvgIpc) is 2.02. The van der Waals surface area contributed by atoms with Crippen molar-refractivity contribution >= 4 is 0 Å². The highest BCUT2D eigenvalue weighted by atomic mass is 19.2. The molecule has 11 heavy (non-hydrogen) atoms. The zero-order valence-corrected chi connectivity index (χ0v) is 6.63. The summed E-state index contributed by atoms with van der Waals surface area (Å²) in [5, 5.41) is 0. The molecule has 0 unspecified atom stereocenters. The highest BCUT2D eigenvalue weighted by molar-refractivity contribution is 5.21. The molecule has 3 heteroatoms. The summed E-state index contributed by atoms with van der Waals surface area (Å²) in [6, 6.07) is 0. The lowest BCUT2D eigenvalue weighted by Gasteiger charge is -1.95. The van der Waals surface area contributed by atoms with Crippen molar-refractivity contribution in [3.05, 3.63) is 23.3 Å². The van der Waals surface area contributed by atoms with E-state index in [0.29, 0.717) is 0 Å². The quantitative estimate of drug-likeness (QED) is 0.560. The Hall–Kier alpha value is -0.730. The molecule has 0 amide bonds. The SMILES string of the molecule is CC/C(F)=C(C)\C=C(\F)CF. The minimum atomic E-state index is -1.17. The van der Waals surface area contributed by atoms with E-state index in [-0.39, 0.29) is 12.0 Å². The van der Waals surface area contributed by atoms with Crippen molar-refractivity contribution in [2.75, 3.05) is 6.67 Å². The molecule has 0 aromatic carbocycles. The summed E-state index contributed by atoms with van der Waals surface area (Å²) < 4.78 is 36.3. The largest absolute Gasteiger partial charge is 0.243 e. The summed E-state index contributed by atoms with van der Waals surface area (Å²) in [7, 11) is 0. The third kappa shape index (κ3) is 3.86. The molecule has 0 N–H and O–H groups in total. The Kier molecular flexibility index (Phi) is 4.66. The fourth-order valence-electron chi connectivity index (χ4n) is 0.631. The van der Waals surface area contributed by atoms with Crippen molar-refractivity contribution in [1.82, 2.24) is 0 Å². The Morgan fingerprint density at radius 3 is 2.27 bits per heavy atom. The van der Waals surface area contributed by atoms with Gasteiger partial charge in [0.05, 0.1) is 0 Å². The number of hydrogen-bond donors (Lipinski definition) is 0. The molecule has 0 spiro atoms. The van der Waals surface area contributed by atoms with E-state index in [0.717, 1.165) is 6.08 Å². The Bertz CT molecular complexity index is 180. The van der Waals surface area contributed by atoms with Crippen LogP contribution in [0, 0.1) is 0 Å². The number of allylic oxidation sites excluding steroid dienone is 4. The van der Waals surface area contributed by atoms with Crippen LogP contribution in [0.15, 0.2) is 23.3 Å². The second-order valence-electron chi connectivity index (χ2n) is 2.17. The van der Waals surface area contributed by atoms with Crippen LogP contribution >= 0.6 is 0 Å². The van der Waals surface area contributed by atoms with Crippen molar-refractivity contribution in [2.24, 2.45) is 0 Å². The third-order valence-corrected chi connectivity index (χ3v) is 1.24. The zero-order chi connectivity index (χ0) is 8.85. The molecule has 0 bridgehead atoms. The van der Waals surface area contributed by atoms with Gasteiger partial charge in [-0.15, -0.1) is 0 Å². The normalized spacial score (nSPS) is 14.8. The summed E-state index contributed by atoms with van der Waals surface area (Å²) in [6.07, 6.45) is 1.08. The van der Waals surface area contributed by atoms with Gasteiger partial charge in [0.15, 0.2) is 0 Å². The van der Waals surface area contributed by atoms with E-state index in [1.165, 1.54) is 6.92 Å². The fourth-order valence-corrected chi connectivity index (χ4v) is 0.631. The topological polar surface area (TPSA) is 0 Å². The van der Waals surface area contributed by atoms with Crippen molar-refractivity contribution < 1.29 is 13.2 Å². The maximum Gasteiger partial charge on any atom is 0.141 e. The van der Waals surface area contributed by atoms with Gasteiger partial charge in [0.1, 0.15) is 18.3 Å². The van der Waals surface area contributed by atoms with Crippen LogP contribution in [-0.2, 0) is 0 Å². The summed E-state index contributed by atoms with van der Waals surface area (Å²) in [5.41, 5.74) is 0.155. The van der Waals surface area contributed by atoms with Crippen LogP contribution in [0.2, 0.25) is 0 Å². The van der Waals surface area contributed by atoms with E-state index in [1.807, 2.05) is 0 Å². The molecular weight excluding hydrogens is 153 g/mol. The van der Waals surface area contributed by atoms with E-state index < -0.39 is 18.3 Å². The summed E-state index contributed by atoms with van der Waals surface area (Å²) in [5.74, 6) is -1.35. The Morgan fingerprint density at radius 2 is 1.91 bits per heavy atom. The van der Waals surface area contributed by atoms with Gasteiger partial charge >= 0.3 is 0 Å².